The highest BCUT2D eigenvalue weighted by atomic mass is 16.3. The second-order valence-corrected chi connectivity index (χ2v) is 4.85. The van der Waals surface area contributed by atoms with Crippen molar-refractivity contribution in [2.24, 2.45) is 0 Å². The van der Waals surface area contributed by atoms with Gasteiger partial charge in [-0.15, -0.1) is 0 Å². The Morgan fingerprint density at radius 3 is 3.06 bits per heavy atom. The Balaban J connectivity index is 1.52. The molecule has 18 heavy (non-hydrogen) atoms. The Kier molecular flexibility index (Phi) is 3.57. The summed E-state index contributed by atoms with van der Waals surface area (Å²) in [6.45, 7) is 5.82. The van der Waals surface area contributed by atoms with E-state index in [0.717, 1.165) is 30.6 Å². The van der Waals surface area contributed by atoms with Crippen LogP contribution in [0.3, 0.4) is 0 Å². The van der Waals surface area contributed by atoms with Crippen molar-refractivity contribution in [2.45, 2.75) is 12.8 Å². The van der Waals surface area contributed by atoms with Crippen LogP contribution in [-0.4, -0.2) is 42.6 Å². The molecule has 0 saturated carbocycles. The minimum Gasteiger partial charge on any atom is -0.443 e. The second-order valence-electron chi connectivity index (χ2n) is 4.85. The minimum atomic E-state index is 0.876. The first-order chi connectivity index (χ1) is 8.92. The highest BCUT2D eigenvalue weighted by Gasteiger charge is 2.08. The third-order valence-electron chi connectivity index (χ3n) is 3.54. The summed E-state index contributed by atoms with van der Waals surface area (Å²) in [5, 5.41) is 3.38. The third-order valence-corrected chi connectivity index (χ3v) is 3.54. The first kappa shape index (κ1) is 11.7. The third kappa shape index (κ3) is 2.71. The topological polar surface area (TPSA) is 41.3 Å². The van der Waals surface area contributed by atoms with E-state index in [0.29, 0.717) is 0 Å². The molecule has 96 valence electrons. The van der Waals surface area contributed by atoms with Crippen molar-refractivity contribution in [1.82, 2.24) is 15.2 Å². The Hall–Kier alpha value is -1.39. The summed E-state index contributed by atoms with van der Waals surface area (Å²) in [6, 6.07) is 6.30. The zero-order chi connectivity index (χ0) is 12.2. The van der Waals surface area contributed by atoms with Gasteiger partial charge in [-0.25, -0.2) is 4.98 Å². The highest BCUT2D eigenvalue weighted by molar-refractivity contribution is 5.72. The molecule has 0 bridgehead atoms. The van der Waals surface area contributed by atoms with Gasteiger partial charge in [0.2, 0.25) is 0 Å². The molecule has 4 nitrogen and oxygen atoms in total. The number of oxazole rings is 1. The van der Waals surface area contributed by atoms with Gasteiger partial charge in [0.05, 0.1) is 0 Å². The first-order valence-corrected chi connectivity index (χ1v) is 6.67. The zero-order valence-corrected chi connectivity index (χ0v) is 10.6. The summed E-state index contributed by atoms with van der Waals surface area (Å²) in [5.41, 5.74) is 3.20. The highest BCUT2D eigenvalue weighted by Crippen LogP contribution is 2.15. The molecule has 3 rings (SSSR count). The van der Waals surface area contributed by atoms with Crippen LogP contribution < -0.4 is 5.32 Å². The van der Waals surface area contributed by atoms with Crippen molar-refractivity contribution >= 4 is 11.1 Å². The van der Waals surface area contributed by atoms with Gasteiger partial charge in [-0.05, 0) is 37.1 Å². The lowest BCUT2D eigenvalue weighted by Crippen LogP contribution is -2.43. The predicted molar refractivity (Wildman–Crippen MR) is 71.6 cm³/mol. The van der Waals surface area contributed by atoms with Gasteiger partial charge >= 0.3 is 0 Å². The summed E-state index contributed by atoms with van der Waals surface area (Å²) in [5.74, 6) is 0. The van der Waals surface area contributed by atoms with Crippen LogP contribution in [0.4, 0.5) is 0 Å². The van der Waals surface area contributed by atoms with Crippen LogP contribution >= 0.6 is 0 Å². The van der Waals surface area contributed by atoms with Gasteiger partial charge in [0.15, 0.2) is 12.0 Å². The minimum absolute atomic E-state index is 0.876. The molecule has 1 aliphatic heterocycles. The van der Waals surface area contributed by atoms with Crippen LogP contribution in [-0.2, 0) is 6.42 Å². The lowest BCUT2D eigenvalue weighted by Gasteiger charge is -2.27. The standard InChI is InChI=1S/C14H19N3O/c1(7-17-8-5-15-6-9-17)2-12-3-4-14-13(10-12)16-11-18-14/h3-4,10-11,15H,1-2,5-9H2. The first-order valence-electron chi connectivity index (χ1n) is 6.67. The molecule has 0 unspecified atom stereocenters. The van der Waals surface area contributed by atoms with Crippen molar-refractivity contribution in [3.8, 4) is 0 Å². The molecule has 2 heterocycles. The zero-order valence-electron chi connectivity index (χ0n) is 10.6. The normalized spacial score (nSPS) is 17.3. The Labute approximate surface area is 107 Å². The lowest BCUT2D eigenvalue weighted by atomic mass is 10.1. The van der Waals surface area contributed by atoms with E-state index in [1.165, 1.54) is 38.0 Å². The van der Waals surface area contributed by atoms with Crippen molar-refractivity contribution in [3.05, 3.63) is 30.2 Å². The molecular weight excluding hydrogens is 226 g/mol. The second kappa shape index (κ2) is 5.50. The van der Waals surface area contributed by atoms with Gasteiger partial charge in [0.1, 0.15) is 5.52 Å². The van der Waals surface area contributed by atoms with Crippen molar-refractivity contribution in [2.75, 3.05) is 32.7 Å². The van der Waals surface area contributed by atoms with Gasteiger partial charge < -0.3 is 14.6 Å². The van der Waals surface area contributed by atoms with E-state index < -0.39 is 0 Å². The van der Waals surface area contributed by atoms with Crippen LogP contribution in [0, 0.1) is 0 Å². The Morgan fingerprint density at radius 2 is 2.17 bits per heavy atom. The summed E-state index contributed by atoms with van der Waals surface area (Å²) >= 11 is 0. The van der Waals surface area contributed by atoms with Gasteiger partial charge in [-0.1, -0.05) is 6.07 Å². The Bertz CT molecular complexity index is 502. The molecule has 1 aliphatic rings. The molecule has 0 aliphatic carbocycles. The number of piperazine rings is 1. The van der Waals surface area contributed by atoms with Gasteiger partial charge in [0.25, 0.3) is 0 Å². The molecule has 1 saturated heterocycles. The van der Waals surface area contributed by atoms with E-state index in [1.54, 1.807) is 0 Å². The molecule has 0 amide bonds. The molecule has 1 N–H and O–H groups in total. The fraction of sp³-hybridized carbons (Fsp3) is 0.500. The number of aromatic nitrogens is 1. The number of hydrogen-bond donors (Lipinski definition) is 1. The molecule has 1 aromatic heterocycles. The predicted octanol–water partition coefficient (Wildman–Crippen LogP) is 1.67. The summed E-state index contributed by atoms with van der Waals surface area (Å²) < 4.78 is 5.25. The van der Waals surface area contributed by atoms with Crippen molar-refractivity contribution in [1.29, 1.82) is 0 Å². The molecule has 4 heteroatoms. The van der Waals surface area contributed by atoms with E-state index in [4.69, 9.17) is 4.42 Å². The number of nitrogens with zero attached hydrogens (tertiary/aromatic N) is 2. The number of fused-ring (bicyclic) bond motifs is 1. The molecule has 0 spiro atoms. The number of aryl methyl sites for hydroxylation is 1. The number of hydrogen-bond acceptors (Lipinski definition) is 4. The molecule has 1 aromatic carbocycles. The number of benzene rings is 1. The fourth-order valence-corrected chi connectivity index (χ4v) is 2.50. The van der Waals surface area contributed by atoms with Crippen LogP contribution in [0.1, 0.15) is 12.0 Å². The van der Waals surface area contributed by atoms with Gasteiger partial charge in [-0.3, -0.25) is 0 Å². The van der Waals surface area contributed by atoms with E-state index in [2.05, 4.69) is 27.3 Å². The molecular formula is C14H19N3O. The SMILES string of the molecule is c1nc2cc(CCCN3CCNCC3)ccc2o1. The summed E-state index contributed by atoms with van der Waals surface area (Å²) in [4.78, 5) is 6.72. The average Bonchev–Trinajstić information content (AvgIpc) is 2.87. The largest absolute Gasteiger partial charge is 0.443 e. The van der Waals surface area contributed by atoms with Crippen LogP contribution in [0.2, 0.25) is 0 Å². The van der Waals surface area contributed by atoms with Crippen molar-refractivity contribution < 1.29 is 4.42 Å². The summed E-state index contributed by atoms with van der Waals surface area (Å²) in [6.07, 6.45) is 3.84. The summed E-state index contributed by atoms with van der Waals surface area (Å²) in [7, 11) is 0. The van der Waals surface area contributed by atoms with Gasteiger partial charge in [0, 0.05) is 26.2 Å². The van der Waals surface area contributed by atoms with Gasteiger partial charge in [-0.2, -0.15) is 0 Å². The smallest absolute Gasteiger partial charge is 0.181 e. The fourth-order valence-electron chi connectivity index (χ4n) is 2.50. The monoisotopic (exact) mass is 245 g/mol. The van der Waals surface area contributed by atoms with E-state index in [1.807, 2.05) is 6.07 Å². The van der Waals surface area contributed by atoms with Crippen molar-refractivity contribution in [3.63, 3.8) is 0 Å². The van der Waals surface area contributed by atoms with E-state index >= 15 is 0 Å². The molecule has 0 atom stereocenters. The van der Waals surface area contributed by atoms with Crippen LogP contribution in [0.5, 0.6) is 0 Å². The van der Waals surface area contributed by atoms with Crippen LogP contribution in [0.25, 0.3) is 11.1 Å². The average molecular weight is 245 g/mol. The molecule has 0 radical (unpaired) electrons. The van der Waals surface area contributed by atoms with E-state index in [9.17, 15) is 0 Å². The molecule has 2 aromatic rings. The molecule has 1 fully saturated rings. The maximum Gasteiger partial charge on any atom is 0.181 e. The van der Waals surface area contributed by atoms with E-state index in [-0.39, 0.29) is 0 Å². The number of rotatable bonds is 4. The quantitative estimate of drug-likeness (QED) is 0.889. The van der Waals surface area contributed by atoms with Crippen LogP contribution in [0.15, 0.2) is 29.0 Å². The Morgan fingerprint density at radius 1 is 1.28 bits per heavy atom. The lowest BCUT2D eigenvalue weighted by molar-refractivity contribution is 0.238. The number of nitrogens with one attached hydrogen (secondary N) is 1. The maximum atomic E-state index is 5.25. The maximum absolute atomic E-state index is 5.25.